The van der Waals surface area contributed by atoms with Gasteiger partial charge < -0.3 is 4.74 Å². The summed E-state index contributed by atoms with van der Waals surface area (Å²) in [6.07, 6.45) is 5.11. The van der Waals surface area contributed by atoms with Crippen molar-refractivity contribution >= 4 is 21.4 Å². The van der Waals surface area contributed by atoms with Crippen molar-refractivity contribution in [3.05, 3.63) is 22.4 Å². The van der Waals surface area contributed by atoms with Crippen LogP contribution < -0.4 is 5.14 Å². The van der Waals surface area contributed by atoms with Crippen molar-refractivity contribution in [2.45, 2.75) is 38.7 Å². The largest absolute Gasteiger partial charge is 0.375 e. The third kappa shape index (κ3) is 4.87. The normalized spacial score (nSPS) is 19.4. The topological polar surface area (TPSA) is 69.4 Å². The Morgan fingerprint density at radius 2 is 2.05 bits per heavy atom. The molecule has 0 amide bonds. The van der Waals surface area contributed by atoms with Crippen LogP contribution in [0.25, 0.3) is 0 Å². The summed E-state index contributed by atoms with van der Waals surface area (Å²) in [6, 6.07) is 4.02. The van der Waals surface area contributed by atoms with E-state index in [1.165, 1.54) is 11.3 Å². The van der Waals surface area contributed by atoms with Crippen molar-refractivity contribution < 1.29 is 13.2 Å². The van der Waals surface area contributed by atoms with E-state index < -0.39 is 10.0 Å². The molecule has 1 aliphatic rings. The molecule has 0 atom stereocenters. The van der Waals surface area contributed by atoms with Gasteiger partial charge >= 0.3 is 0 Å². The van der Waals surface area contributed by atoms with Gasteiger partial charge in [0.1, 0.15) is 0 Å². The summed E-state index contributed by atoms with van der Waals surface area (Å²) in [5.41, 5.74) is -0.275. The molecule has 0 saturated heterocycles. The molecule has 1 aromatic rings. The smallest absolute Gasteiger partial charge is 0.209 e. The van der Waals surface area contributed by atoms with E-state index in [-0.39, 0.29) is 11.2 Å². The fraction of sp³-hybridized carbons (Fsp3) is 0.692. The number of hydrogen-bond donors (Lipinski definition) is 1. The highest BCUT2D eigenvalue weighted by atomic mass is 32.2. The van der Waals surface area contributed by atoms with Crippen LogP contribution in [0.3, 0.4) is 0 Å². The van der Waals surface area contributed by atoms with Gasteiger partial charge in [0.15, 0.2) is 0 Å². The minimum Gasteiger partial charge on any atom is -0.375 e. The maximum atomic E-state index is 11.4. The lowest BCUT2D eigenvalue weighted by atomic mass is 9.76. The van der Waals surface area contributed by atoms with Crippen molar-refractivity contribution in [1.82, 2.24) is 0 Å². The zero-order chi connectivity index (χ0) is 13.8. The Hall–Kier alpha value is -0.430. The molecule has 0 aromatic carbocycles. The first-order chi connectivity index (χ1) is 8.99. The van der Waals surface area contributed by atoms with Crippen LogP contribution >= 0.6 is 11.3 Å². The minimum absolute atomic E-state index is 0.0461. The second-order valence-electron chi connectivity index (χ2n) is 5.44. The van der Waals surface area contributed by atoms with Crippen LogP contribution in [0.1, 0.15) is 37.0 Å². The Bertz CT molecular complexity index is 476. The summed E-state index contributed by atoms with van der Waals surface area (Å²) >= 11 is 1.65. The van der Waals surface area contributed by atoms with E-state index in [1.807, 2.05) is 17.5 Å². The molecule has 2 rings (SSSR count). The van der Waals surface area contributed by atoms with Crippen molar-refractivity contribution in [1.29, 1.82) is 0 Å². The van der Waals surface area contributed by atoms with E-state index in [1.54, 1.807) is 11.3 Å². The number of nitrogens with two attached hydrogens (primary N) is 1. The number of thiophene rings is 1. The summed E-state index contributed by atoms with van der Waals surface area (Å²) in [5.74, 6) is 0.0461. The molecule has 1 saturated carbocycles. The second-order valence-corrected chi connectivity index (χ2v) is 8.09. The number of ether oxygens (including phenoxy) is 1. The molecule has 2 N–H and O–H groups in total. The molecule has 1 aliphatic carbocycles. The van der Waals surface area contributed by atoms with Crippen molar-refractivity contribution in [3.8, 4) is 0 Å². The first-order valence-electron chi connectivity index (χ1n) is 6.60. The average Bonchev–Trinajstić information content (AvgIpc) is 2.81. The quantitative estimate of drug-likeness (QED) is 0.878. The molecular formula is C13H21NO3S2. The molecule has 1 aromatic heterocycles. The highest BCUT2D eigenvalue weighted by Crippen LogP contribution is 2.37. The lowest BCUT2D eigenvalue weighted by Gasteiger charge is -2.36. The Labute approximate surface area is 119 Å². The van der Waals surface area contributed by atoms with E-state index in [0.717, 1.165) is 25.7 Å². The molecule has 108 valence electrons. The fourth-order valence-electron chi connectivity index (χ4n) is 2.82. The molecule has 6 heteroatoms. The Morgan fingerprint density at radius 3 is 2.63 bits per heavy atom. The molecule has 19 heavy (non-hydrogen) atoms. The van der Waals surface area contributed by atoms with Gasteiger partial charge in [-0.25, -0.2) is 13.6 Å². The maximum absolute atomic E-state index is 11.4. The van der Waals surface area contributed by atoms with Crippen LogP contribution in [-0.2, 0) is 21.4 Å². The molecule has 0 unspecified atom stereocenters. The average molecular weight is 303 g/mol. The molecule has 1 heterocycles. The number of rotatable bonds is 6. The molecule has 0 spiro atoms. The first kappa shape index (κ1) is 15.0. The van der Waals surface area contributed by atoms with Gasteiger partial charge in [-0.1, -0.05) is 25.3 Å². The predicted molar refractivity (Wildman–Crippen MR) is 77.5 cm³/mol. The fourth-order valence-corrected chi connectivity index (χ4v) is 4.69. The molecular weight excluding hydrogens is 282 g/mol. The Kier molecular flexibility index (Phi) is 5.00. The van der Waals surface area contributed by atoms with Gasteiger partial charge in [-0.15, -0.1) is 11.3 Å². The third-order valence-electron chi connectivity index (χ3n) is 3.65. The zero-order valence-corrected chi connectivity index (χ0v) is 12.6. The highest BCUT2D eigenvalue weighted by Gasteiger charge is 2.36. The molecule has 0 radical (unpaired) electrons. The summed E-state index contributed by atoms with van der Waals surface area (Å²) < 4.78 is 28.6. The number of primary sulfonamides is 1. The molecule has 0 aliphatic heterocycles. The van der Waals surface area contributed by atoms with Gasteiger partial charge in [-0.2, -0.15) is 0 Å². The van der Waals surface area contributed by atoms with Crippen LogP contribution in [0.15, 0.2) is 17.5 Å². The summed E-state index contributed by atoms with van der Waals surface area (Å²) in [5, 5.41) is 7.25. The summed E-state index contributed by atoms with van der Waals surface area (Å²) in [7, 11) is -3.44. The predicted octanol–water partition coefficient (Wildman–Crippen LogP) is 2.50. The van der Waals surface area contributed by atoms with E-state index >= 15 is 0 Å². The van der Waals surface area contributed by atoms with Gasteiger partial charge in [0.2, 0.25) is 10.0 Å². The minimum atomic E-state index is -3.44. The second kappa shape index (κ2) is 6.35. The van der Waals surface area contributed by atoms with E-state index in [0.29, 0.717) is 13.2 Å². The van der Waals surface area contributed by atoms with Gasteiger partial charge in [0, 0.05) is 10.3 Å². The zero-order valence-electron chi connectivity index (χ0n) is 11.0. The van der Waals surface area contributed by atoms with E-state index in [9.17, 15) is 8.42 Å². The van der Waals surface area contributed by atoms with E-state index in [2.05, 4.69) is 0 Å². The third-order valence-corrected chi connectivity index (χ3v) is 5.52. The highest BCUT2D eigenvalue weighted by molar-refractivity contribution is 7.89. The van der Waals surface area contributed by atoms with Crippen LogP contribution in [0.4, 0.5) is 0 Å². The van der Waals surface area contributed by atoms with Crippen LogP contribution in [0.2, 0.25) is 0 Å². The summed E-state index contributed by atoms with van der Waals surface area (Å²) in [6.45, 7) is 1.05. The monoisotopic (exact) mass is 303 g/mol. The lowest BCUT2D eigenvalue weighted by Crippen LogP contribution is -2.39. The number of hydrogen-bond acceptors (Lipinski definition) is 4. The first-order valence-corrected chi connectivity index (χ1v) is 9.19. The SMILES string of the molecule is NS(=O)(=O)CC1(COCc2cccs2)CCCCC1. The Morgan fingerprint density at radius 1 is 1.32 bits per heavy atom. The van der Waals surface area contributed by atoms with Crippen LogP contribution in [-0.4, -0.2) is 20.8 Å². The van der Waals surface area contributed by atoms with Crippen LogP contribution in [0.5, 0.6) is 0 Å². The lowest BCUT2D eigenvalue weighted by molar-refractivity contribution is 0.0251. The molecule has 0 bridgehead atoms. The maximum Gasteiger partial charge on any atom is 0.209 e. The van der Waals surface area contributed by atoms with Gasteiger partial charge in [0.25, 0.3) is 0 Å². The number of sulfonamides is 1. The standard InChI is InChI=1S/C13H21NO3S2/c14-19(15,16)11-13(6-2-1-3-7-13)10-17-9-12-5-4-8-18-12/h4-5,8H,1-3,6-7,9-11H2,(H2,14,15,16). The van der Waals surface area contributed by atoms with Crippen molar-refractivity contribution in [2.75, 3.05) is 12.4 Å². The Balaban J connectivity index is 1.93. The molecule has 4 nitrogen and oxygen atoms in total. The van der Waals surface area contributed by atoms with Crippen molar-refractivity contribution in [2.24, 2.45) is 10.6 Å². The van der Waals surface area contributed by atoms with Crippen molar-refractivity contribution in [3.63, 3.8) is 0 Å². The van der Waals surface area contributed by atoms with Gasteiger partial charge in [0.05, 0.1) is 19.0 Å². The van der Waals surface area contributed by atoms with Crippen LogP contribution in [0, 0.1) is 5.41 Å². The van der Waals surface area contributed by atoms with Gasteiger partial charge in [-0.3, -0.25) is 0 Å². The summed E-state index contributed by atoms with van der Waals surface area (Å²) in [4.78, 5) is 1.17. The molecule has 1 fully saturated rings. The van der Waals surface area contributed by atoms with E-state index in [4.69, 9.17) is 9.88 Å². The van der Waals surface area contributed by atoms with Gasteiger partial charge in [-0.05, 0) is 24.3 Å².